The number of hydrogen-bond acceptors (Lipinski definition) is 4. The second kappa shape index (κ2) is 23.9. The number of anilines is 6. The molecule has 4 heteroatoms. The van der Waals surface area contributed by atoms with Crippen LogP contribution in [0.1, 0.15) is 0 Å². The molecule has 0 atom stereocenters. The lowest BCUT2D eigenvalue weighted by atomic mass is 9.99. The molecule has 0 radical (unpaired) electrons. The van der Waals surface area contributed by atoms with E-state index in [-0.39, 0.29) is 0 Å². The van der Waals surface area contributed by atoms with Crippen LogP contribution < -0.4 is 9.80 Å². The normalized spacial score (nSPS) is 11.3. The predicted molar refractivity (Wildman–Crippen MR) is 388 cm³/mol. The van der Waals surface area contributed by atoms with Crippen molar-refractivity contribution in [1.29, 1.82) is 0 Å². The molecule has 16 rings (SSSR count). The maximum absolute atomic E-state index is 2.40. The molecule has 0 N–H and O–H groups in total. The number of rotatable bonds is 14. The fraction of sp³-hybridized carbons (Fsp3) is 0. The lowest BCUT2D eigenvalue weighted by Gasteiger charge is -2.26. The lowest BCUT2D eigenvalue weighted by molar-refractivity contribution is 1.29. The van der Waals surface area contributed by atoms with E-state index in [1.807, 2.05) is 22.7 Å². The molecular formula is C86H58N2S2. The molecule has 2 aromatic heterocycles. The average molecular weight is 1180 g/mol. The van der Waals surface area contributed by atoms with Crippen LogP contribution in [0, 0.1) is 0 Å². The third kappa shape index (κ3) is 10.7. The highest BCUT2D eigenvalue weighted by molar-refractivity contribution is 7.36. The molecular weight excluding hydrogens is 1130 g/mol. The first-order valence-electron chi connectivity index (χ1n) is 30.6. The summed E-state index contributed by atoms with van der Waals surface area (Å²) in [4.78, 5) is 4.80. The van der Waals surface area contributed by atoms with E-state index in [0.29, 0.717) is 0 Å². The third-order valence-corrected chi connectivity index (χ3v) is 19.9. The van der Waals surface area contributed by atoms with E-state index in [9.17, 15) is 0 Å². The molecule has 0 aliphatic heterocycles. The van der Waals surface area contributed by atoms with Crippen molar-refractivity contribution < 1.29 is 0 Å². The van der Waals surface area contributed by atoms with Crippen molar-refractivity contribution in [3.8, 4) is 89.0 Å². The smallest absolute Gasteiger partial charge is 0.0542 e. The molecule has 14 aromatic carbocycles. The van der Waals surface area contributed by atoms with Crippen LogP contribution in [0.4, 0.5) is 34.1 Å². The first-order chi connectivity index (χ1) is 44.6. The zero-order valence-corrected chi connectivity index (χ0v) is 50.8. The summed E-state index contributed by atoms with van der Waals surface area (Å²) < 4.78 is 5.17. The van der Waals surface area contributed by atoms with E-state index in [4.69, 9.17) is 0 Å². The van der Waals surface area contributed by atoms with E-state index in [2.05, 4.69) is 362 Å². The first-order valence-corrected chi connectivity index (χ1v) is 32.2. The van der Waals surface area contributed by atoms with E-state index in [0.717, 1.165) is 34.1 Å². The SMILES string of the molecule is c1ccc(-c2ccc(-c3ccc(N(c4ccc(-c5ccc(-c6ccccc6)cc5)cc4)c4ccc5c(c4)sc4c6ccc(N(c7ccc(-c8ccc(-c9ccccc9)cc8)cc7)c7ccc(-c8ccc(-c9ccccc9)cc8)cc7)cc6sc54)cc3)cc2)cc1. The Morgan fingerprint density at radius 3 is 0.522 bits per heavy atom. The number of nitrogens with zero attached hydrogens (tertiary/aromatic N) is 2. The zero-order chi connectivity index (χ0) is 59.7. The van der Waals surface area contributed by atoms with E-state index in [1.165, 1.54) is 119 Å². The van der Waals surface area contributed by atoms with Gasteiger partial charge in [0.25, 0.3) is 0 Å². The summed E-state index contributed by atoms with van der Waals surface area (Å²) in [6.45, 7) is 0. The van der Waals surface area contributed by atoms with Gasteiger partial charge in [-0.05, 0) is 162 Å². The Kier molecular flexibility index (Phi) is 14.4. The summed E-state index contributed by atoms with van der Waals surface area (Å²) in [5.74, 6) is 0. The van der Waals surface area contributed by atoms with Crippen LogP contribution in [-0.2, 0) is 0 Å². The fourth-order valence-corrected chi connectivity index (χ4v) is 15.3. The highest BCUT2D eigenvalue weighted by Crippen LogP contribution is 2.49. The van der Waals surface area contributed by atoms with Crippen molar-refractivity contribution in [3.05, 3.63) is 352 Å². The number of hydrogen-bond donors (Lipinski definition) is 0. The minimum absolute atomic E-state index is 1.10. The molecule has 424 valence electrons. The molecule has 0 amide bonds. The Morgan fingerprint density at radius 1 is 0.156 bits per heavy atom. The first kappa shape index (κ1) is 54.3. The van der Waals surface area contributed by atoms with Gasteiger partial charge in [0, 0.05) is 54.3 Å². The largest absolute Gasteiger partial charge is 0.310 e. The monoisotopic (exact) mass is 1180 g/mol. The predicted octanol–water partition coefficient (Wildman–Crippen LogP) is 25.5. The van der Waals surface area contributed by atoms with Crippen LogP contribution in [0.25, 0.3) is 119 Å². The van der Waals surface area contributed by atoms with Crippen molar-refractivity contribution in [3.63, 3.8) is 0 Å². The lowest BCUT2D eigenvalue weighted by Crippen LogP contribution is -2.09. The van der Waals surface area contributed by atoms with Crippen LogP contribution in [0.3, 0.4) is 0 Å². The van der Waals surface area contributed by atoms with Crippen molar-refractivity contribution in [2.45, 2.75) is 0 Å². The topological polar surface area (TPSA) is 6.48 Å². The summed E-state index contributed by atoms with van der Waals surface area (Å²) in [5, 5.41) is 2.56. The van der Waals surface area contributed by atoms with Crippen molar-refractivity contribution >= 4 is 86.4 Å². The maximum atomic E-state index is 2.40. The van der Waals surface area contributed by atoms with E-state index in [1.54, 1.807) is 0 Å². The summed E-state index contributed by atoms with van der Waals surface area (Å²) in [6, 6.07) is 128. The van der Waals surface area contributed by atoms with Crippen LogP contribution in [0.5, 0.6) is 0 Å². The second-order valence-corrected chi connectivity index (χ2v) is 25.0. The van der Waals surface area contributed by atoms with Gasteiger partial charge in [-0.2, -0.15) is 0 Å². The number of fused-ring (bicyclic) bond motifs is 5. The van der Waals surface area contributed by atoms with Crippen LogP contribution in [0.15, 0.2) is 352 Å². The van der Waals surface area contributed by atoms with Gasteiger partial charge in [-0.3, -0.25) is 0 Å². The Hall–Kier alpha value is -11.1. The van der Waals surface area contributed by atoms with Gasteiger partial charge in [-0.1, -0.05) is 279 Å². The van der Waals surface area contributed by atoms with Gasteiger partial charge < -0.3 is 9.80 Å². The highest BCUT2D eigenvalue weighted by atomic mass is 32.1. The van der Waals surface area contributed by atoms with Crippen LogP contribution in [0.2, 0.25) is 0 Å². The Morgan fingerprint density at radius 2 is 0.322 bits per heavy atom. The molecule has 0 unspecified atom stereocenters. The Bertz CT molecular complexity index is 4540. The molecule has 16 aromatic rings. The standard InChI is InChI=1S/C86H58N2S2/c1-5-13-59(14-6-1)63-21-29-67(30-22-63)71-37-45-75(46-38-71)87(76-47-39-72(40-48-76)68-31-23-64(24-32-68)60-15-7-2-8-16-60)79-53-55-81-83(57-79)89-86-82-56-54-80(58-84(82)90-85(81)86)88(77-49-41-73(42-50-77)69-33-25-65(26-34-69)61-17-9-3-10-18-61)78-51-43-74(44-52-78)70-35-27-66(28-36-70)62-19-11-4-12-20-62/h1-58H. The van der Waals surface area contributed by atoms with Gasteiger partial charge in [-0.25, -0.2) is 0 Å². The van der Waals surface area contributed by atoms with Gasteiger partial charge in [-0.15, -0.1) is 22.7 Å². The molecule has 90 heavy (non-hydrogen) atoms. The van der Waals surface area contributed by atoms with Gasteiger partial charge >= 0.3 is 0 Å². The maximum Gasteiger partial charge on any atom is 0.0542 e. The molecule has 0 spiro atoms. The summed E-state index contributed by atoms with van der Waals surface area (Å²) in [5.41, 5.74) is 25.8. The van der Waals surface area contributed by atoms with Gasteiger partial charge in [0.15, 0.2) is 0 Å². The summed E-state index contributed by atoms with van der Waals surface area (Å²) in [6.07, 6.45) is 0. The van der Waals surface area contributed by atoms with E-state index < -0.39 is 0 Å². The molecule has 2 heterocycles. The zero-order valence-electron chi connectivity index (χ0n) is 49.2. The number of thiophene rings is 2. The molecule has 0 aliphatic rings. The number of benzene rings is 14. The summed E-state index contributed by atoms with van der Waals surface area (Å²) >= 11 is 3.79. The minimum Gasteiger partial charge on any atom is -0.310 e. The van der Waals surface area contributed by atoms with Crippen LogP contribution in [-0.4, -0.2) is 0 Å². The molecule has 0 aliphatic carbocycles. The quantitative estimate of drug-likeness (QED) is 0.107. The highest BCUT2D eigenvalue weighted by Gasteiger charge is 2.21. The molecule has 0 bridgehead atoms. The Labute approximate surface area is 533 Å². The second-order valence-electron chi connectivity index (χ2n) is 22.9. The summed E-state index contributed by atoms with van der Waals surface area (Å²) in [7, 11) is 0. The van der Waals surface area contributed by atoms with Crippen LogP contribution >= 0.6 is 22.7 Å². The van der Waals surface area contributed by atoms with Crippen molar-refractivity contribution in [2.24, 2.45) is 0 Å². The fourth-order valence-electron chi connectivity index (χ4n) is 12.6. The van der Waals surface area contributed by atoms with Crippen molar-refractivity contribution in [1.82, 2.24) is 0 Å². The molecule has 0 fully saturated rings. The third-order valence-electron chi connectivity index (χ3n) is 17.4. The van der Waals surface area contributed by atoms with Gasteiger partial charge in [0.1, 0.15) is 0 Å². The molecule has 0 saturated heterocycles. The van der Waals surface area contributed by atoms with Gasteiger partial charge in [0.2, 0.25) is 0 Å². The van der Waals surface area contributed by atoms with E-state index >= 15 is 0 Å². The minimum atomic E-state index is 1.10. The van der Waals surface area contributed by atoms with Crippen molar-refractivity contribution in [2.75, 3.05) is 9.80 Å². The van der Waals surface area contributed by atoms with Gasteiger partial charge in [0.05, 0.1) is 9.40 Å². The Balaban J connectivity index is 0.732. The molecule has 0 saturated carbocycles. The molecule has 2 nitrogen and oxygen atoms in total. The average Bonchev–Trinajstić information content (AvgIpc) is 1.82.